The Kier molecular flexibility index (Phi) is 7.79. The van der Waals surface area contributed by atoms with E-state index in [0.29, 0.717) is 12.3 Å². The number of sulfonamides is 1. The predicted molar refractivity (Wildman–Crippen MR) is 102 cm³/mol. The van der Waals surface area contributed by atoms with Gasteiger partial charge in [-0.25, -0.2) is 13.1 Å². The summed E-state index contributed by atoms with van der Waals surface area (Å²) in [5, 5.41) is 2.92. The molecule has 0 bridgehead atoms. The van der Waals surface area contributed by atoms with Crippen molar-refractivity contribution in [3.8, 4) is 0 Å². The van der Waals surface area contributed by atoms with E-state index in [4.69, 9.17) is 4.74 Å². The van der Waals surface area contributed by atoms with Gasteiger partial charge >= 0.3 is 5.97 Å². The van der Waals surface area contributed by atoms with Crippen LogP contribution in [0.4, 0.5) is 0 Å². The molecule has 2 rings (SSSR count). The molecule has 0 atom stereocenters. The molecular weight excluding hydrogens is 368 g/mol. The van der Waals surface area contributed by atoms with E-state index in [1.807, 2.05) is 0 Å². The number of hydrogen-bond donors (Lipinski definition) is 2. The van der Waals surface area contributed by atoms with Crippen LogP contribution in [0.3, 0.4) is 0 Å². The minimum atomic E-state index is -3.47. The van der Waals surface area contributed by atoms with Gasteiger partial charge in [0.1, 0.15) is 0 Å². The zero-order valence-electron chi connectivity index (χ0n) is 15.9. The summed E-state index contributed by atoms with van der Waals surface area (Å²) in [5.41, 5.74) is 0.822. The minimum Gasteiger partial charge on any atom is -0.456 e. The molecule has 7 nitrogen and oxygen atoms in total. The van der Waals surface area contributed by atoms with Gasteiger partial charge in [-0.05, 0) is 62.8 Å². The minimum absolute atomic E-state index is 0.131. The highest BCUT2D eigenvalue weighted by Crippen LogP contribution is 2.23. The average molecular weight is 397 g/mol. The van der Waals surface area contributed by atoms with E-state index >= 15 is 0 Å². The molecule has 1 saturated carbocycles. The summed E-state index contributed by atoms with van der Waals surface area (Å²) >= 11 is 0. The Bertz CT molecular complexity index is 738. The molecule has 1 aliphatic carbocycles. The molecule has 0 aliphatic heterocycles. The first-order chi connectivity index (χ1) is 12.8. The van der Waals surface area contributed by atoms with Crippen LogP contribution in [0.1, 0.15) is 44.6 Å². The number of nitrogens with one attached hydrogen (secondary N) is 2. The van der Waals surface area contributed by atoms with Gasteiger partial charge in [0.05, 0.1) is 4.90 Å². The zero-order chi connectivity index (χ0) is 19.9. The lowest BCUT2D eigenvalue weighted by Crippen LogP contribution is -2.39. The zero-order valence-corrected chi connectivity index (χ0v) is 16.7. The molecule has 0 spiro atoms. The van der Waals surface area contributed by atoms with Crippen LogP contribution in [0.15, 0.2) is 29.2 Å². The maximum atomic E-state index is 11.9. The van der Waals surface area contributed by atoms with Gasteiger partial charge in [0.25, 0.3) is 5.91 Å². The van der Waals surface area contributed by atoms with E-state index in [0.717, 1.165) is 31.2 Å². The maximum Gasteiger partial charge on any atom is 0.306 e. The van der Waals surface area contributed by atoms with Crippen molar-refractivity contribution < 1.29 is 22.7 Å². The summed E-state index contributed by atoms with van der Waals surface area (Å²) in [7, 11) is -2.11. The van der Waals surface area contributed by atoms with E-state index in [-0.39, 0.29) is 29.9 Å². The number of aryl methyl sites for hydroxylation is 1. The van der Waals surface area contributed by atoms with E-state index in [2.05, 4.69) is 17.0 Å². The van der Waals surface area contributed by atoms with Crippen molar-refractivity contribution in [3.05, 3.63) is 29.8 Å². The SMILES string of the molecule is CNS(=O)(=O)c1ccc(CCC(=O)OCC(=O)NC2CCC(C)CC2)cc1. The summed E-state index contributed by atoms with van der Waals surface area (Å²) in [5.74, 6) is 0.00209. The van der Waals surface area contributed by atoms with Gasteiger partial charge in [-0.15, -0.1) is 0 Å². The second-order valence-corrected chi connectivity index (χ2v) is 8.92. The maximum absolute atomic E-state index is 11.9. The Morgan fingerprint density at radius 1 is 1.11 bits per heavy atom. The number of ether oxygens (including phenoxy) is 1. The van der Waals surface area contributed by atoms with Crippen molar-refractivity contribution >= 4 is 21.9 Å². The van der Waals surface area contributed by atoms with Crippen molar-refractivity contribution in [2.24, 2.45) is 5.92 Å². The van der Waals surface area contributed by atoms with Gasteiger partial charge in [-0.3, -0.25) is 9.59 Å². The number of carbonyl (C=O) groups excluding carboxylic acids is 2. The fraction of sp³-hybridized carbons (Fsp3) is 0.579. The van der Waals surface area contributed by atoms with Crippen molar-refractivity contribution in [1.29, 1.82) is 0 Å². The normalized spacial score (nSPS) is 20.1. The number of carbonyl (C=O) groups is 2. The van der Waals surface area contributed by atoms with E-state index < -0.39 is 16.0 Å². The van der Waals surface area contributed by atoms with Gasteiger partial charge in [0, 0.05) is 12.5 Å². The third-order valence-corrected chi connectivity index (χ3v) is 6.30. The van der Waals surface area contributed by atoms with Crippen molar-refractivity contribution in [1.82, 2.24) is 10.0 Å². The summed E-state index contributed by atoms with van der Waals surface area (Å²) in [4.78, 5) is 23.9. The molecule has 1 aliphatic rings. The lowest BCUT2D eigenvalue weighted by atomic mass is 9.87. The van der Waals surface area contributed by atoms with Crippen LogP contribution in [0.25, 0.3) is 0 Å². The van der Waals surface area contributed by atoms with Crippen LogP contribution in [0, 0.1) is 5.92 Å². The van der Waals surface area contributed by atoms with E-state index in [1.54, 1.807) is 12.1 Å². The van der Waals surface area contributed by atoms with Crippen molar-refractivity contribution in [2.45, 2.75) is 56.4 Å². The van der Waals surface area contributed by atoms with Gasteiger partial charge in [0.2, 0.25) is 10.0 Å². The molecule has 1 aromatic rings. The first-order valence-electron chi connectivity index (χ1n) is 9.27. The lowest BCUT2D eigenvalue weighted by Gasteiger charge is -2.26. The highest BCUT2D eigenvalue weighted by atomic mass is 32.2. The van der Waals surface area contributed by atoms with E-state index in [1.165, 1.54) is 19.2 Å². The molecule has 0 saturated heterocycles. The fourth-order valence-corrected chi connectivity index (χ4v) is 3.82. The fourth-order valence-electron chi connectivity index (χ4n) is 3.09. The molecule has 2 N–H and O–H groups in total. The first kappa shape index (κ1) is 21.4. The van der Waals surface area contributed by atoms with Gasteiger partial charge in [-0.2, -0.15) is 0 Å². The van der Waals surface area contributed by atoms with Crippen LogP contribution < -0.4 is 10.0 Å². The number of benzene rings is 1. The number of rotatable bonds is 8. The third kappa shape index (κ3) is 6.95. The van der Waals surface area contributed by atoms with E-state index in [9.17, 15) is 18.0 Å². The number of amides is 1. The Hall–Kier alpha value is -1.93. The van der Waals surface area contributed by atoms with Crippen LogP contribution in [0.2, 0.25) is 0 Å². The quantitative estimate of drug-likeness (QED) is 0.652. The molecule has 27 heavy (non-hydrogen) atoms. The van der Waals surface area contributed by atoms with Gasteiger partial charge < -0.3 is 10.1 Å². The molecule has 1 fully saturated rings. The van der Waals surface area contributed by atoms with Crippen LogP contribution in [-0.2, 0) is 30.8 Å². The Labute approximate surface area is 160 Å². The van der Waals surface area contributed by atoms with Crippen LogP contribution in [-0.4, -0.2) is 40.0 Å². The molecule has 0 radical (unpaired) electrons. The highest BCUT2D eigenvalue weighted by molar-refractivity contribution is 7.89. The highest BCUT2D eigenvalue weighted by Gasteiger charge is 2.20. The summed E-state index contributed by atoms with van der Waals surface area (Å²) in [6.07, 6.45) is 4.71. The summed E-state index contributed by atoms with van der Waals surface area (Å²) < 4.78 is 30.6. The smallest absolute Gasteiger partial charge is 0.306 e. The largest absolute Gasteiger partial charge is 0.456 e. The molecule has 8 heteroatoms. The first-order valence-corrected chi connectivity index (χ1v) is 10.8. The molecule has 0 aromatic heterocycles. The average Bonchev–Trinajstić information content (AvgIpc) is 2.67. The van der Waals surface area contributed by atoms with Crippen molar-refractivity contribution in [2.75, 3.05) is 13.7 Å². The summed E-state index contributed by atoms with van der Waals surface area (Å²) in [6.45, 7) is 1.96. The molecule has 1 amide bonds. The third-order valence-electron chi connectivity index (χ3n) is 4.87. The van der Waals surface area contributed by atoms with Crippen LogP contribution >= 0.6 is 0 Å². The topological polar surface area (TPSA) is 102 Å². The predicted octanol–water partition coefficient (Wildman–Crippen LogP) is 1.77. The monoisotopic (exact) mass is 396 g/mol. The molecule has 150 valence electrons. The standard InChI is InChI=1S/C19H28N2O5S/c1-14-3-8-16(9-4-14)21-18(22)13-26-19(23)12-7-15-5-10-17(11-6-15)27(24,25)20-2/h5-6,10-11,14,16,20H,3-4,7-9,12-13H2,1-2H3,(H,21,22). The van der Waals surface area contributed by atoms with Gasteiger partial charge in [-0.1, -0.05) is 19.1 Å². The second kappa shape index (κ2) is 9.85. The Morgan fingerprint density at radius 3 is 2.33 bits per heavy atom. The molecule has 0 unspecified atom stereocenters. The molecule has 0 heterocycles. The van der Waals surface area contributed by atoms with Gasteiger partial charge in [0.15, 0.2) is 6.61 Å². The second-order valence-electron chi connectivity index (χ2n) is 7.04. The van der Waals surface area contributed by atoms with Crippen LogP contribution in [0.5, 0.6) is 0 Å². The van der Waals surface area contributed by atoms with Crippen molar-refractivity contribution in [3.63, 3.8) is 0 Å². The molecule has 1 aromatic carbocycles. The molecular formula is C19H28N2O5S. The Morgan fingerprint density at radius 2 is 1.74 bits per heavy atom. The number of hydrogen-bond acceptors (Lipinski definition) is 5. The summed E-state index contributed by atoms with van der Waals surface area (Å²) in [6, 6.07) is 6.48. The number of esters is 1. The lowest BCUT2D eigenvalue weighted by molar-refractivity contribution is -0.148. The Balaban J connectivity index is 1.69.